The molecule has 0 spiro atoms. The van der Waals surface area contributed by atoms with Gasteiger partial charge in [-0.3, -0.25) is 9.59 Å². The first kappa shape index (κ1) is 18.7. The number of piperazine rings is 1. The second-order valence-corrected chi connectivity index (χ2v) is 7.34. The fourth-order valence-corrected chi connectivity index (χ4v) is 4.14. The molecule has 142 valence electrons. The topological polar surface area (TPSA) is 75.9 Å². The van der Waals surface area contributed by atoms with Gasteiger partial charge in [0.2, 0.25) is 5.91 Å². The Kier molecular flexibility index (Phi) is 5.81. The minimum atomic E-state index is -0.00361. The predicted octanol–water partition coefficient (Wildman–Crippen LogP) is 1.66. The Bertz CT molecular complexity index is 668. The lowest BCUT2D eigenvalue weighted by molar-refractivity contribution is -0.138. The molecular formula is C20H29N3O3. The third kappa shape index (κ3) is 3.70. The van der Waals surface area contributed by atoms with Crippen LogP contribution in [-0.2, 0) is 4.79 Å². The largest absolute Gasteiger partial charge is 0.496 e. The highest BCUT2D eigenvalue weighted by molar-refractivity contribution is 5.95. The second kappa shape index (κ2) is 8.08. The van der Waals surface area contributed by atoms with Crippen LogP contribution in [0.15, 0.2) is 18.2 Å². The molecule has 6 heteroatoms. The Morgan fingerprint density at radius 2 is 1.85 bits per heavy atom. The second-order valence-electron chi connectivity index (χ2n) is 7.34. The Balaban J connectivity index is 1.59. The van der Waals surface area contributed by atoms with Crippen LogP contribution in [0.4, 0.5) is 0 Å². The highest BCUT2D eigenvalue weighted by Crippen LogP contribution is 2.32. The van der Waals surface area contributed by atoms with Crippen molar-refractivity contribution in [3.8, 4) is 5.75 Å². The first-order chi connectivity index (χ1) is 12.5. The molecule has 1 heterocycles. The quantitative estimate of drug-likeness (QED) is 0.887. The summed E-state index contributed by atoms with van der Waals surface area (Å²) in [5, 5.41) is 0. The highest BCUT2D eigenvalue weighted by atomic mass is 16.5. The summed E-state index contributed by atoms with van der Waals surface area (Å²) < 4.78 is 5.32. The number of nitrogens with zero attached hydrogens (tertiary/aromatic N) is 2. The van der Waals surface area contributed by atoms with Gasteiger partial charge in [-0.25, -0.2) is 0 Å². The van der Waals surface area contributed by atoms with E-state index in [4.69, 9.17) is 10.5 Å². The van der Waals surface area contributed by atoms with Crippen molar-refractivity contribution >= 4 is 11.8 Å². The van der Waals surface area contributed by atoms with E-state index in [2.05, 4.69) is 0 Å². The van der Waals surface area contributed by atoms with Gasteiger partial charge in [-0.05, 0) is 49.9 Å². The molecule has 1 aliphatic carbocycles. The van der Waals surface area contributed by atoms with E-state index in [1.165, 1.54) is 0 Å². The van der Waals surface area contributed by atoms with Gasteiger partial charge >= 0.3 is 0 Å². The molecule has 2 atom stereocenters. The van der Waals surface area contributed by atoms with Gasteiger partial charge in [-0.15, -0.1) is 0 Å². The molecule has 0 unspecified atom stereocenters. The summed E-state index contributed by atoms with van der Waals surface area (Å²) in [6.45, 7) is 4.88. The van der Waals surface area contributed by atoms with Crippen molar-refractivity contribution < 1.29 is 14.3 Å². The zero-order chi connectivity index (χ0) is 18.7. The standard InChI is InChI=1S/C20H29N3O3/c1-14-6-7-15(12-18(14)26-2)19(24)22-8-10-23(11-9-22)20(25)17-5-3-4-16(17)13-21/h6-7,12,16-17H,3-5,8-11,13,21H2,1-2H3/t16-,17-/m1/s1. The smallest absolute Gasteiger partial charge is 0.254 e. The van der Waals surface area contributed by atoms with Crippen LogP contribution in [0.25, 0.3) is 0 Å². The van der Waals surface area contributed by atoms with Gasteiger partial charge < -0.3 is 20.3 Å². The van der Waals surface area contributed by atoms with E-state index in [-0.39, 0.29) is 17.7 Å². The fraction of sp³-hybridized carbons (Fsp3) is 0.600. The van der Waals surface area contributed by atoms with Crippen LogP contribution in [0.5, 0.6) is 5.75 Å². The molecule has 2 fully saturated rings. The maximum absolute atomic E-state index is 12.8. The first-order valence-corrected chi connectivity index (χ1v) is 9.48. The van der Waals surface area contributed by atoms with Gasteiger partial charge in [0.25, 0.3) is 5.91 Å². The number of amides is 2. The zero-order valence-electron chi connectivity index (χ0n) is 15.7. The number of rotatable bonds is 4. The summed E-state index contributed by atoms with van der Waals surface area (Å²) in [5.41, 5.74) is 7.45. The first-order valence-electron chi connectivity index (χ1n) is 9.48. The minimum Gasteiger partial charge on any atom is -0.496 e. The van der Waals surface area contributed by atoms with Gasteiger partial charge in [0.15, 0.2) is 0 Å². The fourth-order valence-electron chi connectivity index (χ4n) is 4.14. The lowest BCUT2D eigenvalue weighted by atomic mass is 9.94. The number of aryl methyl sites for hydroxylation is 1. The van der Waals surface area contributed by atoms with E-state index < -0.39 is 0 Å². The molecular weight excluding hydrogens is 330 g/mol. The van der Waals surface area contributed by atoms with Crippen LogP contribution in [-0.4, -0.2) is 61.4 Å². The average molecular weight is 359 g/mol. The normalized spacial score (nSPS) is 23.2. The van der Waals surface area contributed by atoms with Crippen molar-refractivity contribution in [2.75, 3.05) is 39.8 Å². The van der Waals surface area contributed by atoms with Crippen LogP contribution in [0.3, 0.4) is 0 Å². The Morgan fingerprint density at radius 3 is 2.50 bits per heavy atom. The molecule has 6 nitrogen and oxygen atoms in total. The number of carbonyl (C=O) groups is 2. The van der Waals surface area contributed by atoms with Crippen LogP contribution in [0.1, 0.15) is 35.2 Å². The van der Waals surface area contributed by atoms with E-state index in [1.807, 2.05) is 28.9 Å². The summed E-state index contributed by atoms with van der Waals surface area (Å²) >= 11 is 0. The van der Waals surface area contributed by atoms with Crippen LogP contribution < -0.4 is 10.5 Å². The summed E-state index contributed by atoms with van der Waals surface area (Å²) in [6.07, 6.45) is 3.09. The Morgan fingerprint density at radius 1 is 1.15 bits per heavy atom. The van der Waals surface area contributed by atoms with E-state index in [9.17, 15) is 9.59 Å². The lowest BCUT2D eigenvalue weighted by Gasteiger charge is -2.36. The van der Waals surface area contributed by atoms with E-state index >= 15 is 0 Å². The van der Waals surface area contributed by atoms with Crippen molar-refractivity contribution in [1.29, 1.82) is 0 Å². The Hall–Kier alpha value is -2.08. The van der Waals surface area contributed by atoms with Gasteiger partial charge in [-0.1, -0.05) is 12.5 Å². The van der Waals surface area contributed by atoms with Gasteiger partial charge in [0.05, 0.1) is 7.11 Å². The van der Waals surface area contributed by atoms with Crippen molar-refractivity contribution in [3.05, 3.63) is 29.3 Å². The molecule has 0 aromatic heterocycles. The van der Waals surface area contributed by atoms with Crippen LogP contribution >= 0.6 is 0 Å². The van der Waals surface area contributed by atoms with E-state index in [1.54, 1.807) is 13.2 Å². The van der Waals surface area contributed by atoms with Crippen molar-refractivity contribution in [2.45, 2.75) is 26.2 Å². The number of hydrogen-bond donors (Lipinski definition) is 1. The number of benzene rings is 1. The van der Waals surface area contributed by atoms with Gasteiger partial charge in [-0.2, -0.15) is 0 Å². The third-order valence-electron chi connectivity index (χ3n) is 5.81. The Labute approximate surface area is 155 Å². The summed E-state index contributed by atoms with van der Waals surface area (Å²) in [4.78, 5) is 29.3. The zero-order valence-corrected chi connectivity index (χ0v) is 15.7. The lowest BCUT2D eigenvalue weighted by Crippen LogP contribution is -2.52. The monoisotopic (exact) mass is 359 g/mol. The molecule has 1 saturated heterocycles. The number of hydrogen-bond acceptors (Lipinski definition) is 4. The number of carbonyl (C=O) groups excluding carboxylic acids is 2. The molecule has 1 aromatic carbocycles. The van der Waals surface area contributed by atoms with Gasteiger partial charge in [0, 0.05) is 37.7 Å². The minimum absolute atomic E-state index is 0.00361. The number of ether oxygens (including phenoxy) is 1. The molecule has 1 aromatic rings. The maximum Gasteiger partial charge on any atom is 0.254 e. The molecule has 0 radical (unpaired) electrons. The number of nitrogens with two attached hydrogens (primary N) is 1. The molecule has 26 heavy (non-hydrogen) atoms. The molecule has 1 saturated carbocycles. The highest BCUT2D eigenvalue weighted by Gasteiger charge is 2.36. The predicted molar refractivity (Wildman–Crippen MR) is 100 cm³/mol. The van der Waals surface area contributed by atoms with Crippen molar-refractivity contribution in [3.63, 3.8) is 0 Å². The molecule has 3 rings (SSSR count). The molecule has 2 N–H and O–H groups in total. The number of methoxy groups -OCH3 is 1. The molecule has 2 aliphatic rings. The molecule has 2 amide bonds. The van der Waals surface area contributed by atoms with Crippen LogP contribution in [0, 0.1) is 18.8 Å². The average Bonchev–Trinajstić information content (AvgIpc) is 3.16. The van der Waals surface area contributed by atoms with Crippen molar-refractivity contribution in [1.82, 2.24) is 9.80 Å². The summed E-state index contributed by atoms with van der Waals surface area (Å²) in [6, 6.07) is 5.53. The summed E-state index contributed by atoms with van der Waals surface area (Å²) in [5.74, 6) is 1.34. The summed E-state index contributed by atoms with van der Waals surface area (Å²) in [7, 11) is 1.61. The van der Waals surface area contributed by atoms with E-state index in [0.29, 0.717) is 44.2 Å². The SMILES string of the molecule is COc1cc(C(=O)N2CCN(C(=O)[C@@H]3CCC[C@@H]3CN)CC2)ccc1C. The molecule has 0 bridgehead atoms. The van der Waals surface area contributed by atoms with E-state index in [0.717, 1.165) is 30.6 Å². The maximum atomic E-state index is 12.8. The van der Waals surface area contributed by atoms with Crippen molar-refractivity contribution in [2.24, 2.45) is 17.6 Å². The third-order valence-corrected chi connectivity index (χ3v) is 5.81. The van der Waals surface area contributed by atoms with Gasteiger partial charge in [0.1, 0.15) is 5.75 Å². The van der Waals surface area contributed by atoms with Crippen LogP contribution in [0.2, 0.25) is 0 Å². The molecule has 1 aliphatic heterocycles.